The lowest BCUT2D eigenvalue weighted by Gasteiger charge is -2.12. The number of hydrogen-bond donors (Lipinski definition) is 2. The van der Waals surface area contributed by atoms with Crippen LogP contribution in [0.3, 0.4) is 0 Å². The lowest BCUT2D eigenvalue weighted by atomic mass is 10.2. The molecule has 0 aliphatic carbocycles. The quantitative estimate of drug-likeness (QED) is 0.648. The molecule has 9 heteroatoms. The van der Waals surface area contributed by atoms with E-state index < -0.39 is 4.92 Å². The van der Waals surface area contributed by atoms with Gasteiger partial charge in [-0.3, -0.25) is 10.1 Å². The molecule has 2 aromatic rings. The number of nitrogens with zero attached hydrogens (tertiary/aromatic N) is 4. The van der Waals surface area contributed by atoms with E-state index in [1.807, 2.05) is 19.2 Å². The maximum absolute atomic E-state index is 11.0. The predicted molar refractivity (Wildman–Crippen MR) is 72.0 cm³/mol. The molecule has 2 rings (SSSR count). The summed E-state index contributed by atoms with van der Waals surface area (Å²) in [7, 11) is 0. The van der Waals surface area contributed by atoms with Crippen molar-refractivity contribution in [2.75, 3.05) is 11.1 Å². The van der Waals surface area contributed by atoms with E-state index in [2.05, 4.69) is 20.3 Å². The Morgan fingerprint density at radius 3 is 2.84 bits per heavy atom. The first kappa shape index (κ1) is 13.1. The van der Waals surface area contributed by atoms with Crippen LogP contribution in [0, 0.1) is 17.0 Å². The van der Waals surface area contributed by atoms with Crippen molar-refractivity contribution < 1.29 is 4.92 Å². The molecule has 3 N–H and O–H groups in total. The second-order valence-electron chi connectivity index (χ2n) is 3.87. The molecule has 1 unspecified atom stereocenters. The molecule has 19 heavy (non-hydrogen) atoms. The molecule has 0 aromatic carbocycles. The minimum atomic E-state index is -0.601. The monoisotopic (exact) mass is 280 g/mol. The molecule has 1 atom stereocenters. The van der Waals surface area contributed by atoms with Crippen LogP contribution in [-0.2, 0) is 0 Å². The Labute approximate surface area is 112 Å². The van der Waals surface area contributed by atoms with Crippen LogP contribution >= 0.6 is 11.3 Å². The van der Waals surface area contributed by atoms with Gasteiger partial charge in [0.05, 0.1) is 21.7 Å². The SMILES string of the molecule is Cc1nc(C(C)Nc2ncnc(N)c2[N+](=O)[O-])cs1. The third-order valence-electron chi connectivity index (χ3n) is 2.47. The van der Waals surface area contributed by atoms with Crippen molar-refractivity contribution in [1.29, 1.82) is 0 Å². The van der Waals surface area contributed by atoms with Crippen molar-refractivity contribution >= 4 is 28.7 Å². The minimum Gasteiger partial charge on any atom is -0.378 e. The zero-order chi connectivity index (χ0) is 14.0. The van der Waals surface area contributed by atoms with Gasteiger partial charge in [-0.25, -0.2) is 15.0 Å². The van der Waals surface area contributed by atoms with Gasteiger partial charge < -0.3 is 11.1 Å². The summed E-state index contributed by atoms with van der Waals surface area (Å²) in [5, 5.41) is 16.7. The fraction of sp³-hybridized carbons (Fsp3) is 0.300. The third kappa shape index (κ3) is 2.76. The van der Waals surface area contributed by atoms with Crippen molar-refractivity contribution in [2.24, 2.45) is 0 Å². The van der Waals surface area contributed by atoms with Gasteiger partial charge in [0.1, 0.15) is 6.33 Å². The second-order valence-corrected chi connectivity index (χ2v) is 4.93. The number of aromatic nitrogens is 3. The number of aryl methyl sites for hydroxylation is 1. The predicted octanol–water partition coefficient (Wildman–Crippen LogP) is 1.91. The summed E-state index contributed by atoms with van der Waals surface area (Å²) >= 11 is 1.51. The first-order chi connectivity index (χ1) is 8.99. The number of hydrogen-bond acceptors (Lipinski definition) is 8. The van der Waals surface area contributed by atoms with Crippen LogP contribution in [0.2, 0.25) is 0 Å². The number of nitrogens with two attached hydrogens (primary N) is 1. The number of rotatable bonds is 4. The number of thiazole rings is 1. The summed E-state index contributed by atoms with van der Waals surface area (Å²) in [4.78, 5) is 22.2. The van der Waals surface area contributed by atoms with Crippen LogP contribution in [0.4, 0.5) is 17.3 Å². The zero-order valence-electron chi connectivity index (χ0n) is 10.3. The van der Waals surface area contributed by atoms with Crippen LogP contribution in [0.1, 0.15) is 23.7 Å². The summed E-state index contributed by atoms with van der Waals surface area (Å²) in [5.74, 6) is -0.0696. The molecule has 0 spiro atoms. The summed E-state index contributed by atoms with van der Waals surface area (Å²) < 4.78 is 0. The number of anilines is 2. The number of nitrogen functional groups attached to an aromatic ring is 1. The van der Waals surface area contributed by atoms with Gasteiger partial charge in [-0.2, -0.15) is 0 Å². The van der Waals surface area contributed by atoms with Gasteiger partial charge in [0.2, 0.25) is 11.6 Å². The number of nitro groups is 1. The molecule has 0 fully saturated rings. The van der Waals surface area contributed by atoms with Gasteiger partial charge in [0, 0.05) is 5.38 Å². The Bertz CT molecular complexity index is 614. The highest BCUT2D eigenvalue weighted by Crippen LogP contribution is 2.29. The van der Waals surface area contributed by atoms with Crippen molar-refractivity contribution in [1.82, 2.24) is 15.0 Å². The first-order valence-corrected chi connectivity index (χ1v) is 6.30. The maximum atomic E-state index is 11.0. The molecule has 0 saturated heterocycles. The highest BCUT2D eigenvalue weighted by molar-refractivity contribution is 7.09. The number of nitrogens with one attached hydrogen (secondary N) is 1. The van der Waals surface area contributed by atoms with Gasteiger partial charge in [0.15, 0.2) is 0 Å². The first-order valence-electron chi connectivity index (χ1n) is 5.42. The van der Waals surface area contributed by atoms with Gasteiger partial charge in [0.25, 0.3) is 0 Å². The van der Waals surface area contributed by atoms with E-state index in [0.29, 0.717) is 0 Å². The van der Waals surface area contributed by atoms with E-state index in [1.54, 1.807) is 0 Å². The van der Waals surface area contributed by atoms with Crippen molar-refractivity contribution in [2.45, 2.75) is 19.9 Å². The van der Waals surface area contributed by atoms with Crippen LogP contribution in [0.5, 0.6) is 0 Å². The van der Waals surface area contributed by atoms with E-state index in [-0.39, 0.29) is 23.4 Å². The van der Waals surface area contributed by atoms with E-state index in [1.165, 1.54) is 17.7 Å². The summed E-state index contributed by atoms with van der Waals surface area (Å²) in [6.07, 6.45) is 1.18. The molecule has 0 amide bonds. The molecule has 8 nitrogen and oxygen atoms in total. The van der Waals surface area contributed by atoms with Crippen molar-refractivity contribution in [3.63, 3.8) is 0 Å². The molecular weight excluding hydrogens is 268 g/mol. The molecule has 0 saturated carbocycles. The fourth-order valence-corrected chi connectivity index (χ4v) is 2.24. The standard InChI is InChI=1S/C10H12N6O2S/c1-5(7-3-19-6(2)15-7)14-10-8(16(17)18)9(11)12-4-13-10/h3-5H,1-2H3,(H3,11,12,13,14). The third-order valence-corrected chi connectivity index (χ3v) is 3.26. The van der Waals surface area contributed by atoms with Gasteiger partial charge in [-0.05, 0) is 13.8 Å². The lowest BCUT2D eigenvalue weighted by molar-refractivity contribution is -0.383. The largest absolute Gasteiger partial charge is 0.378 e. The summed E-state index contributed by atoms with van der Waals surface area (Å²) in [6, 6.07) is -0.210. The molecule has 2 aromatic heterocycles. The molecular formula is C10H12N6O2S. The smallest absolute Gasteiger partial charge is 0.353 e. The Hall–Kier alpha value is -2.29. The average molecular weight is 280 g/mol. The van der Waals surface area contributed by atoms with Crippen LogP contribution < -0.4 is 11.1 Å². The summed E-state index contributed by atoms with van der Waals surface area (Å²) in [5.41, 5.74) is 5.98. The highest BCUT2D eigenvalue weighted by atomic mass is 32.1. The Morgan fingerprint density at radius 1 is 1.53 bits per heavy atom. The van der Waals surface area contributed by atoms with E-state index in [0.717, 1.165) is 10.7 Å². The lowest BCUT2D eigenvalue weighted by Crippen LogP contribution is -2.12. The van der Waals surface area contributed by atoms with E-state index in [4.69, 9.17) is 5.73 Å². The highest BCUT2D eigenvalue weighted by Gasteiger charge is 2.22. The molecule has 0 radical (unpaired) electrons. The topological polar surface area (TPSA) is 120 Å². The van der Waals surface area contributed by atoms with Crippen molar-refractivity contribution in [3.05, 3.63) is 32.5 Å². The van der Waals surface area contributed by atoms with Gasteiger partial charge >= 0.3 is 5.69 Å². The Kier molecular flexibility index (Phi) is 3.56. The van der Waals surface area contributed by atoms with Gasteiger partial charge in [-0.15, -0.1) is 11.3 Å². The maximum Gasteiger partial charge on any atom is 0.353 e. The Morgan fingerprint density at radius 2 is 2.26 bits per heavy atom. The van der Waals surface area contributed by atoms with Gasteiger partial charge in [-0.1, -0.05) is 0 Å². The van der Waals surface area contributed by atoms with Crippen LogP contribution in [-0.4, -0.2) is 19.9 Å². The Balaban J connectivity index is 2.28. The molecule has 0 aliphatic heterocycles. The molecule has 100 valence electrons. The van der Waals surface area contributed by atoms with E-state index >= 15 is 0 Å². The molecule has 0 aliphatic rings. The molecule has 0 bridgehead atoms. The molecule has 2 heterocycles. The average Bonchev–Trinajstić information content (AvgIpc) is 2.75. The van der Waals surface area contributed by atoms with Crippen LogP contribution in [0.25, 0.3) is 0 Å². The second kappa shape index (κ2) is 5.14. The van der Waals surface area contributed by atoms with Crippen LogP contribution in [0.15, 0.2) is 11.7 Å². The minimum absolute atomic E-state index is 0.0932. The zero-order valence-corrected chi connectivity index (χ0v) is 11.1. The van der Waals surface area contributed by atoms with E-state index in [9.17, 15) is 10.1 Å². The fourth-order valence-electron chi connectivity index (χ4n) is 1.54. The normalized spacial score (nSPS) is 12.1. The van der Waals surface area contributed by atoms with Crippen molar-refractivity contribution in [3.8, 4) is 0 Å². The summed E-state index contributed by atoms with van der Waals surface area (Å²) in [6.45, 7) is 3.74.